The van der Waals surface area contributed by atoms with Gasteiger partial charge in [0.25, 0.3) is 0 Å². The average Bonchev–Trinajstić information content (AvgIpc) is 2.54. The monoisotopic (exact) mass is 282 g/mol. The average molecular weight is 283 g/mol. The molecule has 0 aromatic heterocycles. The van der Waals surface area contributed by atoms with Crippen LogP contribution in [0.4, 0.5) is 0 Å². The predicted octanol–water partition coefficient (Wildman–Crippen LogP) is 2.49. The number of nitrogens with two attached hydrogens (primary N) is 1. The number of nitrogens with one attached hydrogen (secondary N) is 1. The van der Waals surface area contributed by atoms with E-state index >= 15 is 0 Å². The lowest BCUT2D eigenvalue weighted by atomic mass is 9.82. The number of halogens is 1. The Labute approximate surface area is 106 Å². The highest BCUT2D eigenvalue weighted by Crippen LogP contribution is 2.35. The van der Waals surface area contributed by atoms with Gasteiger partial charge in [0.05, 0.1) is 0 Å². The van der Waals surface area contributed by atoms with Gasteiger partial charge in [-0.2, -0.15) is 0 Å². The standard InChI is InChI=1S/C13H19BrN2/c14-13-4-2-1-3-12(13)11-6-8-16-7-5-10(11)9-15/h1-4,10-11,16H,5-9,15H2. The Hall–Kier alpha value is -0.380. The van der Waals surface area contributed by atoms with Gasteiger partial charge in [-0.1, -0.05) is 34.1 Å². The van der Waals surface area contributed by atoms with Gasteiger partial charge >= 0.3 is 0 Å². The Morgan fingerprint density at radius 1 is 1.25 bits per heavy atom. The second-order valence-corrected chi connectivity index (χ2v) is 5.31. The molecule has 1 heterocycles. The van der Waals surface area contributed by atoms with Crippen molar-refractivity contribution >= 4 is 15.9 Å². The summed E-state index contributed by atoms with van der Waals surface area (Å²) < 4.78 is 1.22. The molecule has 0 bridgehead atoms. The van der Waals surface area contributed by atoms with E-state index < -0.39 is 0 Å². The molecular weight excluding hydrogens is 264 g/mol. The molecule has 16 heavy (non-hydrogen) atoms. The normalized spacial score (nSPS) is 26.4. The molecule has 88 valence electrons. The summed E-state index contributed by atoms with van der Waals surface area (Å²) in [5.74, 6) is 1.20. The number of benzene rings is 1. The SMILES string of the molecule is NCC1CCNCCC1c1ccccc1Br. The van der Waals surface area contributed by atoms with Crippen LogP contribution < -0.4 is 11.1 Å². The highest BCUT2D eigenvalue weighted by Gasteiger charge is 2.25. The van der Waals surface area contributed by atoms with Gasteiger partial charge in [0.15, 0.2) is 0 Å². The fraction of sp³-hybridized carbons (Fsp3) is 0.538. The molecule has 3 heteroatoms. The summed E-state index contributed by atoms with van der Waals surface area (Å²) in [7, 11) is 0. The third-order valence-electron chi connectivity index (χ3n) is 3.50. The van der Waals surface area contributed by atoms with Crippen LogP contribution in [0, 0.1) is 5.92 Å². The van der Waals surface area contributed by atoms with Crippen molar-refractivity contribution in [3.63, 3.8) is 0 Å². The zero-order valence-corrected chi connectivity index (χ0v) is 11.0. The lowest BCUT2D eigenvalue weighted by Gasteiger charge is -2.24. The number of hydrogen-bond acceptors (Lipinski definition) is 2. The fourth-order valence-corrected chi connectivity index (χ4v) is 3.15. The van der Waals surface area contributed by atoms with Crippen molar-refractivity contribution in [3.05, 3.63) is 34.3 Å². The first-order chi connectivity index (χ1) is 7.83. The molecule has 2 nitrogen and oxygen atoms in total. The fourth-order valence-electron chi connectivity index (χ4n) is 2.57. The van der Waals surface area contributed by atoms with Crippen molar-refractivity contribution in [1.29, 1.82) is 0 Å². The summed E-state index contributed by atoms with van der Waals surface area (Å²) in [6, 6.07) is 8.54. The van der Waals surface area contributed by atoms with Crippen molar-refractivity contribution in [2.75, 3.05) is 19.6 Å². The summed E-state index contributed by atoms with van der Waals surface area (Å²) >= 11 is 3.65. The second-order valence-electron chi connectivity index (χ2n) is 4.45. The maximum Gasteiger partial charge on any atom is 0.0210 e. The van der Waals surface area contributed by atoms with Crippen LogP contribution in [0.3, 0.4) is 0 Å². The van der Waals surface area contributed by atoms with E-state index in [2.05, 4.69) is 45.5 Å². The van der Waals surface area contributed by atoms with Crippen LogP contribution in [0.15, 0.2) is 28.7 Å². The Bertz CT molecular complexity index is 340. The molecule has 0 radical (unpaired) electrons. The van der Waals surface area contributed by atoms with E-state index in [1.54, 1.807) is 0 Å². The quantitative estimate of drug-likeness (QED) is 0.875. The number of hydrogen-bond donors (Lipinski definition) is 2. The van der Waals surface area contributed by atoms with Crippen LogP contribution in [0.25, 0.3) is 0 Å². The van der Waals surface area contributed by atoms with E-state index in [0.717, 1.165) is 19.6 Å². The van der Waals surface area contributed by atoms with Gasteiger partial charge in [0, 0.05) is 4.47 Å². The van der Waals surface area contributed by atoms with Gasteiger partial charge < -0.3 is 11.1 Å². The lowest BCUT2D eigenvalue weighted by Crippen LogP contribution is -2.22. The smallest absolute Gasteiger partial charge is 0.0210 e. The largest absolute Gasteiger partial charge is 0.330 e. The molecule has 1 fully saturated rings. The molecule has 0 spiro atoms. The highest BCUT2D eigenvalue weighted by atomic mass is 79.9. The molecule has 1 saturated heterocycles. The second kappa shape index (κ2) is 5.80. The summed E-state index contributed by atoms with van der Waals surface area (Å²) in [4.78, 5) is 0. The first-order valence-corrected chi connectivity index (χ1v) is 6.77. The Balaban J connectivity index is 2.25. The van der Waals surface area contributed by atoms with Crippen molar-refractivity contribution in [2.45, 2.75) is 18.8 Å². The maximum atomic E-state index is 5.91. The summed E-state index contributed by atoms with van der Waals surface area (Å²) in [6.45, 7) is 2.99. The van der Waals surface area contributed by atoms with Crippen LogP contribution in [-0.4, -0.2) is 19.6 Å². The first kappa shape index (κ1) is 12.1. The molecule has 2 atom stereocenters. The van der Waals surface area contributed by atoms with Crippen molar-refractivity contribution in [3.8, 4) is 0 Å². The first-order valence-electron chi connectivity index (χ1n) is 5.98. The summed E-state index contributed by atoms with van der Waals surface area (Å²) in [6.07, 6.45) is 2.37. The van der Waals surface area contributed by atoms with Gasteiger partial charge in [0.2, 0.25) is 0 Å². The molecule has 1 aromatic rings. The van der Waals surface area contributed by atoms with E-state index in [0.29, 0.717) is 11.8 Å². The maximum absolute atomic E-state index is 5.91. The van der Waals surface area contributed by atoms with Crippen LogP contribution in [0.1, 0.15) is 24.3 Å². The van der Waals surface area contributed by atoms with Gasteiger partial charge in [-0.25, -0.2) is 0 Å². The van der Waals surface area contributed by atoms with Crippen molar-refractivity contribution in [1.82, 2.24) is 5.32 Å². The minimum Gasteiger partial charge on any atom is -0.330 e. The molecule has 1 aliphatic rings. The van der Waals surface area contributed by atoms with Crippen molar-refractivity contribution < 1.29 is 0 Å². The molecule has 0 saturated carbocycles. The van der Waals surface area contributed by atoms with Gasteiger partial charge in [-0.15, -0.1) is 0 Å². The minimum atomic E-state index is 0.593. The molecular formula is C13H19BrN2. The molecule has 2 rings (SSSR count). The zero-order valence-electron chi connectivity index (χ0n) is 9.45. The van der Waals surface area contributed by atoms with E-state index in [9.17, 15) is 0 Å². The third kappa shape index (κ3) is 2.65. The molecule has 0 aliphatic carbocycles. The number of rotatable bonds is 2. The zero-order chi connectivity index (χ0) is 11.4. The summed E-state index contributed by atoms with van der Waals surface area (Å²) in [5, 5.41) is 3.46. The van der Waals surface area contributed by atoms with Gasteiger partial charge in [-0.3, -0.25) is 0 Å². The van der Waals surface area contributed by atoms with Crippen LogP contribution in [-0.2, 0) is 0 Å². The van der Waals surface area contributed by atoms with Crippen LogP contribution in [0.5, 0.6) is 0 Å². The third-order valence-corrected chi connectivity index (χ3v) is 4.22. The molecule has 1 aliphatic heterocycles. The highest BCUT2D eigenvalue weighted by molar-refractivity contribution is 9.10. The van der Waals surface area contributed by atoms with Gasteiger partial charge in [-0.05, 0) is 55.9 Å². The van der Waals surface area contributed by atoms with Crippen molar-refractivity contribution in [2.24, 2.45) is 11.7 Å². The van der Waals surface area contributed by atoms with E-state index in [4.69, 9.17) is 5.73 Å². The topological polar surface area (TPSA) is 38.0 Å². The van der Waals surface area contributed by atoms with Crippen LogP contribution in [0.2, 0.25) is 0 Å². The molecule has 3 N–H and O–H groups in total. The minimum absolute atomic E-state index is 0.593. The summed E-state index contributed by atoms with van der Waals surface area (Å²) in [5.41, 5.74) is 7.33. The molecule has 1 aromatic carbocycles. The van der Waals surface area contributed by atoms with E-state index in [1.807, 2.05) is 0 Å². The Morgan fingerprint density at radius 2 is 2.00 bits per heavy atom. The molecule has 2 unspecified atom stereocenters. The van der Waals surface area contributed by atoms with E-state index in [1.165, 1.54) is 22.9 Å². The lowest BCUT2D eigenvalue weighted by molar-refractivity contribution is 0.418. The Kier molecular flexibility index (Phi) is 4.38. The van der Waals surface area contributed by atoms with Gasteiger partial charge in [0.1, 0.15) is 0 Å². The molecule has 0 amide bonds. The van der Waals surface area contributed by atoms with Crippen LogP contribution >= 0.6 is 15.9 Å². The predicted molar refractivity (Wildman–Crippen MR) is 71.5 cm³/mol. The van der Waals surface area contributed by atoms with E-state index in [-0.39, 0.29) is 0 Å². The Morgan fingerprint density at radius 3 is 2.75 bits per heavy atom.